The second kappa shape index (κ2) is 16.7. The van der Waals surface area contributed by atoms with E-state index < -0.39 is 60.4 Å². The number of ether oxygens (including phenoxy) is 1. The summed E-state index contributed by atoms with van der Waals surface area (Å²) in [6, 6.07) is 33.9. The Bertz CT molecular complexity index is 3780. The lowest BCUT2D eigenvalue weighted by Crippen LogP contribution is -2.31. The van der Waals surface area contributed by atoms with E-state index in [4.69, 9.17) is 23.4 Å². The van der Waals surface area contributed by atoms with Gasteiger partial charge in [-0.3, -0.25) is 13.7 Å². The van der Waals surface area contributed by atoms with Gasteiger partial charge in [0.15, 0.2) is 0 Å². The van der Waals surface area contributed by atoms with Gasteiger partial charge in [-0.15, -0.1) is 0 Å². The van der Waals surface area contributed by atoms with E-state index in [1.54, 1.807) is 22.8 Å². The molecule has 0 amide bonds. The van der Waals surface area contributed by atoms with Crippen molar-refractivity contribution in [1.82, 2.24) is 14.1 Å². The molecule has 10 aromatic rings. The van der Waals surface area contributed by atoms with Crippen molar-refractivity contribution < 1.29 is 23.0 Å². The van der Waals surface area contributed by atoms with Crippen LogP contribution in [0, 0.1) is 12.2 Å². The molecule has 0 N–H and O–H groups in total. The van der Waals surface area contributed by atoms with Crippen molar-refractivity contribution in [2.24, 2.45) is 5.92 Å². The summed E-state index contributed by atoms with van der Waals surface area (Å²) in [6.45, 7) is 0. The number of nitrogens with zero attached hydrogens (tertiary/aromatic N) is 4. The quantitative estimate of drug-likeness (QED) is 0.113. The molecule has 3 fully saturated rings. The van der Waals surface area contributed by atoms with Gasteiger partial charge in [0, 0.05) is 23.0 Å². The van der Waals surface area contributed by atoms with Gasteiger partial charge in [0.25, 0.3) is 6.33 Å². The molecule has 0 aliphatic heterocycles. The highest BCUT2D eigenvalue weighted by molar-refractivity contribution is 6.09. The molecule has 3 aliphatic rings. The summed E-state index contributed by atoms with van der Waals surface area (Å²) in [5, 5.41) is 2.21. The molecule has 5 heteroatoms. The molecule has 0 unspecified atom stereocenters. The maximum Gasteiger partial charge on any atom is 0.269 e. The summed E-state index contributed by atoms with van der Waals surface area (Å²) in [5.74, 6) is 2.92. The molecule has 0 radical (unpaired) electrons. The monoisotopic (exact) mass is 854 g/mol. The minimum absolute atomic E-state index is 0.120. The van der Waals surface area contributed by atoms with Crippen LogP contribution in [0.25, 0.3) is 72.3 Å². The van der Waals surface area contributed by atoms with Crippen molar-refractivity contribution in [2.45, 2.75) is 69.6 Å². The van der Waals surface area contributed by atoms with Gasteiger partial charge < -0.3 is 4.74 Å². The van der Waals surface area contributed by atoms with Gasteiger partial charge in [0.1, 0.15) is 17.3 Å². The minimum Gasteiger partial charge on any atom is -0.458 e. The predicted molar refractivity (Wildman–Crippen MR) is 265 cm³/mol. The van der Waals surface area contributed by atoms with Crippen molar-refractivity contribution in [3.8, 4) is 50.9 Å². The first-order valence-electron chi connectivity index (χ1n) is 27.8. The zero-order valence-electron chi connectivity index (χ0n) is 46.0. The molecule has 5 nitrogen and oxygen atoms in total. The first-order chi connectivity index (χ1) is 36.3. The lowest BCUT2D eigenvalue weighted by molar-refractivity contribution is -0.571. The van der Waals surface area contributed by atoms with Gasteiger partial charge in [-0.2, -0.15) is 0 Å². The number of pyridine rings is 1. The van der Waals surface area contributed by atoms with Gasteiger partial charge in [-0.05, 0) is 107 Å². The van der Waals surface area contributed by atoms with E-state index in [1.165, 1.54) is 69.8 Å². The number of benzene rings is 7. The third-order valence-electron chi connectivity index (χ3n) is 14.0. The van der Waals surface area contributed by atoms with Crippen molar-refractivity contribution in [3.05, 3.63) is 200 Å². The van der Waals surface area contributed by atoms with Gasteiger partial charge in [0.2, 0.25) is 0 Å². The Morgan fingerprint density at radius 1 is 0.600 bits per heavy atom. The number of para-hydroxylation sites is 4. The van der Waals surface area contributed by atoms with Crippen LogP contribution in [0.5, 0.6) is 11.5 Å². The number of fused-ring (bicyclic) bond motifs is 11. The van der Waals surface area contributed by atoms with Gasteiger partial charge in [0.05, 0.1) is 47.1 Å². The second-order valence-electron chi connectivity index (χ2n) is 17.7. The molecule has 0 spiro atoms. The molecule has 2 bridgehead atoms. The maximum atomic E-state index is 9.05. The summed E-state index contributed by atoms with van der Waals surface area (Å²) in [4.78, 5) is 5.06. The summed E-state index contributed by atoms with van der Waals surface area (Å²) in [5.41, 5.74) is 5.76. The Hall–Kier alpha value is -7.24. The molecule has 0 saturated heterocycles. The average molecular weight is 855 g/mol. The van der Waals surface area contributed by atoms with Crippen LogP contribution in [0.3, 0.4) is 0 Å². The zero-order valence-corrected chi connectivity index (χ0v) is 36.0. The highest BCUT2D eigenvalue weighted by Gasteiger charge is 2.35. The number of hydrogen-bond donors (Lipinski definition) is 0. The Kier molecular flexibility index (Phi) is 7.71. The highest BCUT2D eigenvalue weighted by atomic mass is 16.5. The van der Waals surface area contributed by atoms with E-state index in [0.29, 0.717) is 28.2 Å². The summed E-state index contributed by atoms with van der Waals surface area (Å²) >= 11 is 0. The van der Waals surface area contributed by atoms with Crippen LogP contribution in [-0.4, -0.2) is 14.1 Å². The van der Waals surface area contributed by atoms with Crippen molar-refractivity contribution in [3.63, 3.8) is 0 Å². The molecule has 65 heavy (non-hydrogen) atoms. The fourth-order valence-electron chi connectivity index (χ4n) is 10.9. The zero-order chi connectivity index (χ0) is 51.9. The standard InChI is InChI=1S/C60H52N4O/c1-3-20-44(21-4-1)50-27-14-28-51(45-22-5-2-6-23-45)59(50)63-42-62(55-30-9-10-31-56(55)63)47-24-13-25-48(40-47)65-49-32-33-53-52-26-7-8-29-54(52)64(57(53)41-49)58-39-46(34-38-61-58)60-35-12-11-17-43(18-15-36-60)19-16-37-60/h1-10,13-14,20-34,38-41,43H,11-12,15-19,35-37H2/i1D,2D,3D,4D,5D,6D,20D,21D,22D,23D. The third-order valence-corrected chi connectivity index (χ3v) is 14.0. The summed E-state index contributed by atoms with van der Waals surface area (Å²) < 4.78 is 99.8. The number of imidazole rings is 1. The Morgan fingerprint density at radius 3 is 2.05 bits per heavy atom. The van der Waals surface area contributed by atoms with E-state index in [0.717, 1.165) is 33.5 Å². The molecule has 0 atom stereocenters. The number of aromatic nitrogens is 4. The highest BCUT2D eigenvalue weighted by Crippen LogP contribution is 2.46. The first kappa shape index (κ1) is 30.0. The van der Waals surface area contributed by atoms with E-state index in [2.05, 4.69) is 59.4 Å². The van der Waals surface area contributed by atoms with E-state index in [-0.39, 0.29) is 33.4 Å². The number of rotatable bonds is 8. The normalized spacial score (nSPS) is 19.9. The predicted octanol–water partition coefficient (Wildman–Crippen LogP) is 15.1. The van der Waals surface area contributed by atoms with E-state index >= 15 is 0 Å². The molecular weight excluding hydrogens is 793 g/mol. The maximum absolute atomic E-state index is 9.05. The van der Waals surface area contributed by atoms with Crippen molar-refractivity contribution >= 4 is 32.8 Å². The smallest absolute Gasteiger partial charge is 0.269 e. The molecule has 318 valence electrons. The Labute approximate surface area is 395 Å². The minimum atomic E-state index is -0.559. The molecule has 13 rings (SSSR count). The molecule has 3 saturated carbocycles. The second-order valence-corrected chi connectivity index (χ2v) is 17.7. The van der Waals surface area contributed by atoms with Crippen molar-refractivity contribution in [1.29, 1.82) is 0 Å². The lowest BCUT2D eigenvalue weighted by atomic mass is 9.68. The van der Waals surface area contributed by atoms with Gasteiger partial charge in [-0.1, -0.05) is 172 Å². The van der Waals surface area contributed by atoms with Crippen LogP contribution < -0.4 is 9.30 Å². The molecule has 3 aliphatic carbocycles. The van der Waals surface area contributed by atoms with Crippen LogP contribution in [-0.2, 0) is 5.41 Å². The van der Waals surface area contributed by atoms with E-state index in [1.807, 2.05) is 65.4 Å². The topological polar surface area (TPSA) is 35.9 Å². The summed E-state index contributed by atoms with van der Waals surface area (Å²) in [7, 11) is 0. The van der Waals surface area contributed by atoms with Crippen LogP contribution >= 0.6 is 0 Å². The van der Waals surface area contributed by atoms with Crippen molar-refractivity contribution in [2.75, 3.05) is 0 Å². The number of hydrogen-bond acceptors (Lipinski definition) is 2. The first-order valence-corrected chi connectivity index (χ1v) is 22.8. The molecule has 3 aromatic heterocycles. The van der Waals surface area contributed by atoms with Crippen LogP contribution in [0.4, 0.5) is 0 Å². The third kappa shape index (κ3) is 7.20. The summed E-state index contributed by atoms with van der Waals surface area (Å²) in [6.07, 6.45) is 18.2. The van der Waals surface area contributed by atoms with Crippen LogP contribution in [0.1, 0.15) is 83.5 Å². The molecular formula is C60H52N4O. The molecule has 7 aromatic carbocycles. The fraction of sp³-hybridized carbons (Fsp3) is 0.200. The van der Waals surface area contributed by atoms with Crippen LogP contribution in [0.15, 0.2) is 188 Å². The van der Waals surface area contributed by atoms with Gasteiger partial charge >= 0.3 is 0 Å². The average Bonchev–Trinajstić information content (AvgIpc) is 4.02. The Morgan fingerprint density at radius 2 is 1.26 bits per heavy atom. The van der Waals surface area contributed by atoms with E-state index in [9.17, 15) is 0 Å². The molecule has 3 heterocycles. The lowest BCUT2D eigenvalue weighted by Gasteiger charge is -2.36. The fourth-order valence-corrected chi connectivity index (χ4v) is 10.9. The van der Waals surface area contributed by atoms with Crippen LogP contribution in [0.2, 0.25) is 0 Å². The largest absolute Gasteiger partial charge is 0.458 e. The Balaban J connectivity index is 0.978. The SMILES string of the molecule is [2H]c1c([2H])c([2H])c(-c2cccc(-c3c([2H])c([2H])c([2H])c([2H])c3[2H])c2-[n+]2[c-]n(-c3cccc(Oc4ccc5c6ccccc6n(-c6cc(C78CCCCC(CCC7)CCC8)ccn6)c5c4)c3)c3ccccc32)c([2H])c1[2H]. The van der Waals surface area contributed by atoms with Gasteiger partial charge in [-0.25, -0.2) is 4.98 Å².